The van der Waals surface area contributed by atoms with Gasteiger partial charge in [-0.25, -0.2) is 4.79 Å². The average molecular weight is 330 g/mol. The topological polar surface area (TPSA) is 55.6 Å². The number of carbonyl (C=O) groups excluding carboxylic acids is 1. The minimum Gasteiger partial charge on any atom is -0.450 e. The van der Waals surface area contributed by atoms with Crippen LogP contribution in [0, 0.1) is 5.92 Å². The van der Waals surface area contributed by atoms with Crippen LogP contribution in [0.5, 0.6) is 0 Å². The van der Waals surface area contributed by atoms with Crippen molar-refractivity contribution >= 4 is 11.8 Å². The van der Waals surface area contributed by atoms with E-state index in [2.05, 4.69) is 0 Å². The van der Waals surface area contributed by atoms with Crippen LogP contribution in [-0.2, 0) is 17.3 Å². The molecule has 0 atom stereocenters. The molecule has 2 rings (SSSR count). The predicted molar refractivity (Wildman–Crippen MR) is 80.9 cm³/mol. The molecule has 0 saturated carbocycles. The van der Waals surface area contributed by atoms with Crippen LogP contribution in [-0.4, -0.2) is 30.7 Å². The maximum absolute atomic E-state index is 12.8. The van der Waals surface area contributed by atoms with Crippen molar-refractivity contribution in [1.29, 1.82) is 0 Å². The van der Waals surface area contributed by atoms with Crippen molar-refractivity contribution in [3.05, 3.63) is 29.3 Å². The zero-order chi connectivity index (χ0) is 17.0. The molecule has 1 amide bonds. The van der Waals surface area contributed by atoms with Gasteiger partial charge in [0, 0.05) is 18.8 Å². The third-order valence-corrected chi connectivity index (χ3v) is 4.12. The van der Waals surface area contributed by atoms with E-state index in [1.54, 1.807) is 11.8 Å². The lowest BCUT2D eigenvalue weighted by Gasteiger charge is -2.31. The molecule has 1 fully saturated rings. The number of piperidine rings is 1. The summed E-state index contributed by atoms with van der Waals surface area (Å²) in [5.74, 6) is 0.214. The Morgan fingerprint density at radius 2 is 2.00 bits per heavy atom. The molecule has 1 aliphatic heterocycles. The van der Waals surface area contributed by atoms with E-state index in [9.17, 15) is 18.0 Å². The largest absolute Gasteiger partial charge is 0.450 e. The molecular weight excluding hydrogens is 309 g/mol. The number of alkyl halides is 3. The van der Waals surface area contributed by atoms with E-state index in [0.717, 1.165) is 25.0 Å². The highest BCUT2D eigenvalue weighted by molar-refractivity contribution is 5.67. The second-order valence-electron chi connectivity index (χ2n) is 5.74. The molecule has 1 aliphatic rings. The molecule has 0 aromatic heterocycles. The van der Waals surface area contributed by atoms with Crippen LogP contribution in [0.1, 0.15) is 30.9 Å². The number of hydrogen-bond donors (Lipinski definition) is 1. The maximum Gasteiger partial charge on any atom is 0.416 e. The number of amides is 1. The number of rotatable bonds is 3. The monoisotopic (exact) mass is 330 g/mol. The van der Waals surface area contributed by atoms with Crippen molar-refractivity contribution in [3.8, 4) is 0 Å². The third kappa shape index (κ3) is 4.53. The standard InChI is InChI=1S/C16H21F3N2O2/c1-2-23-15(22)21-7-5-11(6-8-21)9-12-10-13(16(17,18)19)3-4-14(12)20/h3-4,10-11H,2,5-9,20H2,1H3. The van der Waals surface area contributed by atoms with Gasteiger partial charge in [0.2, 0.25) is 0 Å². The molecule has 0 aliphatic carbocycles. The van der Waals surface area contributed by atoms with E-state index in [-0.39, 0.29) is 12.0 Å². The Hall–Kier alpha value is -1.92. The van der Waals surface area contributed by atoms with Crippen molar-refractivity contribution in [2.45, 2.75) is 32.4 Å². The average Bonchev–Trinajstić information content (AvgIpc) is 2.49. The first kappa shape index (κ1) is 17.4. The highest BCUT2D eigenvalue weighted by Crippen LogP contribution is 2.33. The minimum absolute atomic E-state index is 0.214. The first-order valence-corrected chi connectivity index (χ1v) is 7.68. The summed E-state index contributed by atoms with van der Waals surface area (Å²) in [6.45, 7) is 3.20. The molecule has 0 bridgehead atoms. The van der Waals surface area contributed by atoms with Gasteiger partial charge in [0.15, 0.2) is 0 Å². The Morgan fingerprint density at radius 3 is 2.57 bits per heavy atom. The SMILES string of the molecule is CCOC(=O)N1CCC(Cc2cc(C(F)(F)F)ccc2N)CC1. The molecule has 23 heavy (non-hydrogen) atoms. The van der Waals surface area contributed by atoms with Crippen LogP contribution < -0.4 is 5.73 Å². The number of likely N-dealkylation sites (tertiary alicyclic amines) is 1. The lowest BCUT2D eigenvalue weighted by molar-refractivity contribution is -0.137. The van der Waals surface area contributed by atoms with E-state index in [0.29, 0.717) is 37.4 Å². The summed E-state index contributed by atoms with van der Waals surface area (Å²) >= 11 is 0. The molecule has 128 valence electrons. The van der Waals surface area contributed by atoms with Gasteiger partial charge in [-0.1, -0.05) is 0 Å². The summed E-state index contributed by atoms with van der Waals surface area (Å²) in [5, 5.41) is 0. The van der Waals surface area contributed by atoms with Crippen molar-refractivity contribution < 1.29 is 22.7 Å². The van der Waals surface area contributed by atoms with Crippen molar-refractivity contribution in [1.82, 2.24) is 4.90 Å². The lowest BCUT2D eigenvalue weighted by Crippen LogP contribution is -2.39. The Balaban J connectivity index is 1.98. The highest BCUT2D eigenvalue weighted by Gasteiger charge is 2.31. The zero-order valence-electron chi connectivity index (χ0n) is 13.0. The van der Waals surface area contributed by atoms with Crippen LogP contribution in [0.3, 0.4) is 0 Å². The summed E-state index contributed by atoms with van der Waals surface area (Å²) in [5.41, 5.74) is 6.04. The molecule has 4 nitrogen and oxygen atoms in total. The fraction of sp³-hybridized carbons (Fsp3) is 0.562. The minimum atomic E-state index is -4.37. The van der Waals surface area contributed by atoms with Crippen LogP contribution in [0.15, 0.2) is 18.2 Å². The van der Waals surface area contributed by atoms with Gasteiger partial charge in [-0.05, 0) is 55.9 Å². The molecule has 0 spiro atoms. The number of nitrogen functional groups attached to an aromatic ring is 1. The van der Waals surface area contributed by atoms with Gasteiger partial charge in [0.25, 0.3) is 0 Å². The second kappa shape index (κ2) is 7.10. The van der Waals surface area contributed by atoms with Gasteiger partial charge in [0.05, 0.1) is 12.2 Å². The first-order chi connectivity index (χ1) is 10.8. The van der Waals surface area contributed by atoms with E-state index < -0.39 is 11.7 Å². The Morgan fingerprint density at radius 1 is 1.35 bits per heavy atom. The molecule has 1 aromatic rings. The number of nitrogens with two attached hydrogens (primary N) is 1. The van der Waals surface area contributed by atoms with Gasteiger partial charge in [-0.15, -0.1) is 0 Å². The predicted octanol–water partition coefficient (Wildman–Crippen LogP) is 3.70. The summed E-state index contributed by atoms with van der Waals surface area (Å²) < 4.78 is 43.3. The number of carbonyl (C=O) groups is 1. The molecule has 0 radical (unpaired) electrons. The fourth-order valence-electron chi connectivity index (χ4n) is 2.80. The summed E-state index contributed by atoms with van der Waals surface area (Å²) in [6.07, 6.45) is -2.74. The number of nitrogens with zero attached hydrogens (tertiary/aromatic N) is 1. The van der Waals surface area contributed by atoms with E-state index in [4.69, 9.17) is 10.5 Å². The van der Waals surface area contributed by atoms with Crippen LogP contribution in [0.2, 0.25) is 0 Å². The number of anilines is 1. The van der Waals surface area contributed by atoms with Crippen molar-refractivity contribution in [2.75, 3.05) is 25.4 Å². The van der Waals surface area contributed by atoms with Crippen molar-refractivity contribution in [3.63, 3.8) is 0 Å². The summed E-state index contributed by atoms with van der Waals surface area (Å²) in [4.78, 5) is 13.3. The van der Waals surface area contributed by atoms with E-state index >= 15 is 0 Å². The van der Waals surface area contributed by atoms with Gasteiger partial charge in [0.1, 0.15) is 0 Å². The van der Waals surface area contributed by atoms with Gasteiger partial charge in [-0.2, -0.15) is 13.2 Å². The first-order valence-electron chi connectivity index (χ1n) is 7.68. The molecule has 7 heteroatoms. The van der Waals surface area contributed by atoms with Crippen molar-refractivity contribution in [2.24, 2.45) is 5.92 Å². The highest BCUT2D eigenvalue weighted by atomic mass is 19.4. The van der Waals surface area contributed by atoms with E-state index in [1.807, 2.05) is 0 Å². The zero-order valence-corrected chi connectivity index (χ0v) is 13.0. The summed E-state index contributed by atoms with van der Waals surface area (Å²) in [7, 11) is 0. The van der Waals surface area contributed by atoms with Gasteiger partial charge in [-0.3, -0.25) is 0 Å². The molecule has 1 aromatic carbocycles. The number of benzene rings is 1. The normalized spacial score (nSPS) is 16.4. The molecule has 0 unspecified atom stereocenters. The molecule has 1 heterocycles. The smallest absolute Gasteiger partial charge is 0.416 e. The number of ether oxygens (including phenoxy) is 1. The van der Waals surface area contributed by atoms with Gasteiger partial charge < -0.3 is 15.4 Å². The van der Waals surface area contributed by atoms with E-state index in [1.165, 1.54) is 6.07 Å². The number of hydrogen-bond acceptors (Lipinski definition) is 3. The van der Waals surface area contributed by atoms with Crippen LogP contribution >= 0.6 is 0 Å². The fourth-order valence-corrected chi connectivity index (χ4v) is 2.80. The van der Waals surface area contributed by atoms with Gasteiger partial charge >= 0.3 is 12.3 Å². The number of halogens is 3. The Kier molecular flexibility index (Phi) is 5.38. The Bertz CT molecular complexity index is 553. The molecular formula is C16H21F3N2O2. The van der Waals surface area contributed by atoms with Crippen LogP contribution in [0.25, 0.3) is 0 Å². The van der Waals surface area contributed by atoms with Crippen LogP contribution in [0.4, 0.5) is 23.7 Å². The molecule has 1 saturated heterocycles. The second-order valence-corrected chi connectivity index (χ2v) is 5.74. The Labute approximate surface area is 133 Å². The molecule has 2 N–H and O–H groups in total. The summed E-state index contributed by atoms with van der Waals surface area (Å²) in [6, 6.07) is 3.45. The lowest BCUT2D eigenvalue weighted by atomic mass is 9.89. The third-order valence-electron chi connectivity index (χ3n) is 4.12. The quantitative estimate of drug-likeness (QED) is 0.860. The maximum atomic E-state index is 12.8.